The summed E-state index contributed by atoms with van der Waals surface area (Å²) >= 11 is 0. The Hall–Kier alpha value is -1.95. The third-order valence-corrected chi connectivity index (χ3v) is 1.93. The van der Waals surface area contributed by atoms with E-state index in [4.69, 9.17) is 5.11 Å². The number of aryl methyl sites for hydroxylation is 1. The van der Waals surface area contributed by atoms with Gasteiger partial charge in [-0.1, -0.05) is 0 Å². The van der Waals surface area contributed by atoms with Gasteiger partial charge in [0, 0.05) is 24.2 Å². The van der Waals surface area contributed by atoms with Crippen LogP contribution in [0.4, 0.5) is 5.69 Å². The molecule has 2 N–H and O–H groups in total. The molecule has 0 fully saturated rings. The topological polar surface area (TPSA) is 92.5 Å². The zero-order valence-electron chi connectivity index (χ0n) is 8.77. The lowest BCUT2D eigenvalue weighted by Crippen LogP contribution is -2.26. The Balaban J connectivity index is 2.95. The number of aliphatic hydroxyl groups is 1. The highest BCUT2D eigenvalue weighted by Gasteiger charge is 2.12. The second kappa shape index (κ2) is 5.22. The summed E-state index contributed by atoms with van der Waals surface area (Å²) in [7, 11) is 0. The van der Waals surface area contributed by atoms with Crippen molar-refractivity contribution in [3.05, 3.63) is 39.4 Å². The number of rotatable bonds is 4. The number of nitro benzene ring substituents is 1. The minimum Gasteiger partial charge on any atom is -0.395 e. The first-order valence-corrected chi connectivity index (χ1v) is 4.69. The van der Waals surface area contributed by atoms with Crippen molar-refractivity contribution >= 4 is 11.6 Å². The van der Waals surface area contributed by atoms with E-state index in [1.165, 1.54) is 12.1 Å². The van der Waals surface area contributed by atoms with Gasteiger partial charge in [-0.25, -0.2) is 0 Å². The van der Waals surface area contributed by atoms with Gasteiger partial charge >= 0.3 is 0 Å². The van der Waals surface area contributed by atoms with Crippen LogP contribution in [0.3, 0.4) is 0 Å². The van der Waals surface area contributed by atoms with Gasteiger partial charge in [-0.3, -0.25) is 14.9 Å². The van der Waals surface area contributed by atoms with Crippen LogP contribution in [-0.4, -0.2) is 29.1 Å². The number of non-ortho nitro benzene ring substituents is 1. The average Bonchev–Trinajstić information content (AvgIpc) is 2.24. The molecule has 86 valence electrons. The lowest BCUT2D eigenvalue weighted by molar-refractivity contribution is -0.384. The first kappa shape index (κ1) is 12.1. The SMILES string of the molecule is Cc1cc(C(=O)NCCO)cc([N+](=O)[O-])c1. The first-order chi connectivity index (χ1) is 7.54. The molecular formula is C10H12N2O4. The van der Waals surface area contributed by atoms with Crippen LogP contribution >= 0.6 is 0 Å². The maximum absolute atomic E-state index is 11.5. The fourth-order valence-corrected chi connectivity index (χ4v) is 1.27. The van der Waals surface area contributed by atoms with Gasteiger partial charge < -0.3 is 10.4 Å². The number of nitrogens with one attached hydrogen (secondary N) is 1. The van der Waals surface area contributed by atoms with Gasteiger partial charge in [-0.05, 0) is 18.6 Å². The van der Waals surface area contributed by atoms with Crippen molar-refractivity contribution < 1.29 is 14.8 Å². The smallest absolute Gasteiger partial charge is 0.270 e. The van der Waals surface area contributed by atoms with Gasteiger partial charge in [-0.15, -0.1) is 0 Å². The van der Waals surface area contributed by atoms with Gasteiger partial charge in [0.2, 0.25) is 0 Å². The third kappa shape index (κ3) is 3.03. The van der Waals surface area contributed by atoms with E-state index < -0.39 is 10.8 Å². The standard InChI is InChI=1S/C10H12N2O4/c1-7-4-8(10(14)11-2-3-13)6-9(5-7)12(15)16/h4-6,13H,2-3H2,1H3,(H,11,14). The molecule has 0 bridgehead atoms. The van der Waals surface area contributed by atoms with Crippen molar-refractivity contribution in [1.29, 1.82) is 0 Å². The molecule has 0 radical (unpaired) electrons. The molecule has 0 saturated carbocycles. The monoisotopic (exact) mass is 224 g/mol. The van der Waals surface area contributed by atoms with Crippen LogP contribution in [-0.2, 0) is 0 Å². The highest BCUT2D eigenvalue weighted by atomic mass is 16.6. The van der Waals surface area contributed by atoms with Crippen molar-refractivity contribution in [3.63, 3.8) is 0 Å². The summed E-state index contributed by atoms with van der Waals surface area (Å²) in [4.78, 5) is 21.5. The predicted octanol–water partition coefficient (Wildman–Crippen LogP) is 0.625. The molecule has 0 heterocycles. The average molecular weight is 224 g/mol. The molecule has 6 nitrogen and oxygen atoms in total. The van der Waals surface area contributed by atoms with Gasteiger partial charge in [0.1, 0.15) is 0 Å². The Bertz CT molecular complexity index is 417. The zero-order valence-corrected chi connectivity index (χ0v) is 8.77. The van der Waals surface area contributed by atoms with E-state index in [2.05, 4.69) is 5.32 Å². The Labute approximate surface area is 92.0 Å². The summed E-state index contributed by atoms with van der Waals surface area (Å²) < 4.78 is 0. The van der Waals surface area contributed by atoms with Gasteiger partial charge in [-0.2, -0.15) is 0 Å². The molecule has 1 amide bonds. The molecule has 6 heteroatoms. The third-order valence-electron chi connectivity index (χ3n) is 1.93. The van der Waals surface area contributed by atoms with Gasteiger partial charge in [0.15, 0.2) is 0 Å². The molecule has 0 saturated heterocycles. The van der Waals surface area contributed by atoms with Crippen LogP contribution in [0, 0.1) is 17.0 Å². The summed E-state index contributed by atoms with van der Waals surface area (Å²) in [6.07, 6.45) is 0. The minimum atomic E-state index is -0.546. The molecule has 1 rings (SSSR count). The van der Waals surface area contributed by atoms with Gasteiger partial charge in [0.25, 0.3) is 11.6 Å². The van der Waals surface area contributed by atoms with Gasteiger partial charge in [0.05, 0.1) is 11.5 Å². The molecule has 1 aromatic rings. The van der Waals surface area contributed by atoms with E-state index in [1.54, 1.807) is 13.0 Å². The molecule has 16 heavy (non-hydrogen) atoms. The maximum atomic E-state index is 11.5. The Morgan fingerprint density at radius 1 is 1.50 bits per heavy atom. The maximum Gasteiger partial charge on any atom is 0.270 e. The van der Waals surface area contributed by atoms with E-state index in [-0.39, 0.29) is 24.4 Å². The fourth-order valence-electron chi connectivity index (χ4n) is 1.27. The fraction of sp³-hybridized carbons (Fsp3) is 0.300. The number of carbonyl (C=O) groups is 1. The zero-order chi connectivity index (χ0) is 12.1. The van der Waals surface area contributed by atoms with Crippen molar-refractivity contribution in [2.45, 2.75) is 6.92 Å². The lowest BCUT2D eigenvalue weighted by Gasteiger charge is -2.04. The molecule has 1 aromatic carbocycles. The second-order valence-corrected chi connectivity index (χ2v) is 3.29. The van der Waals surface area contributed by atoms with E-state index in [0.29, 0.717) is 5.56 Å². The lowest BCUT2D eigenvalue weighted by atomic mass is 10.1. The highest BCUT2D eigenvalue weighted by molar-refractivity contribution is 5.95. The molecule has 0 aromatic heterocycles. The van der Waals surface area contributed by atoms with E-state index in [1.807, 2.05) is 0 Å². The molecule has 0 aliphatic heterocycles. The summed E-state index contributed by atoms with van der Waals surface area (Å²) in [5.41, 5.74) is 0.748. The predicted molar refractivity (Wildman–Crippen MR) is 57.3 cm³/mol. The number of amides is 1. The molecule has 0 spiro atoms. The number of carbonyl (C=O) groups excluding carboxylic acids is 1. The van der Waals surface area contributed by atoms with E-state index in [9.17, 15) is 14.9 Å². The first-order valence-electron chi connectivity index (χ1n) is 4.69. The number of nitro groups is 1. The van der Waals surface area contributed by atoms with E-state index in [0.717, 1.165) is 0 Å². The van der Waals surface area contributed by atoms with Crippen molar-refractivity contribution in [2.24, 2.45) is 0 Å². The highest BCUT2D eigenvalue weighted by Crippen LogP contribution is 2.16. The van der Waals surface area contributed by atoms with Crippen LogP contribution in [0.15, 0.2) is 18.2 Å². The number of hydrogen-bond acceptors (Lipinski definition) is 4. The minimum absolute atomic E-state index is 0.117. The Morgan fingerprint density at radius 2 is 2.19 bits per heavy atom. The number of hydrogen-bond donors (Lipinski definition) is 2. The second-order valence-electron chi connectivity index (χ2n) is 3.29. The van der Waals surface area contributed by atoms with E-state index >= 15 is 0 Å². The number of nitrogens with zero attached hydrogens (tertiary/aromatic N) is 1. The quantitative estimate of drug-likeness (QED) is 0.579. The largest absolute Gasteiger partial charge is 0.395 e. The Kier molecular flexibility index (Phi) is 3.96. The summed E-state index contributed by atoms with van der Waals surface area (Å²) in [6, 6.07) is 4.15. The van der Waals surface area contributed by atoms with Crippen molar-refractivity contribution in [1.82, 2.24) is 5.32 Å². The molecular weight excluding hydrogens is 212 g/mol. The van der Waals surface area contributed by atoms with Crippen LogP contribution in [0.1, 0.15) is 15.9 Å². The molecule has 0 aliphatic carbocycles. The van der Waals surface area contributed by atoms with Crippen LogP contribution in [0.5, 0.6) is 0 Å². The van der Waals surface area contributed by atoms with Crippen molar-refractivity contribution in [3.8, 4) is 0 Å². The molecule has 0 unspecified atom stereocenters. The van der Waals surface area contributed by atoms with Crippen molar-refractivity contribution in [2.75, 3.05) is 13.2 Å². The normalized spacial score (nSPS) is 9.88. The molecule has 0 aliphatic rings. The van der Waals surface area contributed by atoms with Crippen LogP contribution in [0.25, 0.3) is 0 Å². The summed E-state index contributed by atoms with van der Waals surface area (Å²) in [6.45, 7) is 1.63. The summed E-state index contributed by atoms with van der Waals surface area (Å²) in [5.74, 6) is -0.430. The number of benzene rings is 1. The summed E-state index contributed by atoms with van der Waals surface area (Å²) in [5, 5.41) is 21.5. The van der Waals surface area contributed by atoms with Crippen LogP contribution < -0.4 is 5.32 Å². The van der Waals surface area contributed by atoms with Crippen LogP contribution in [0.2, 0.25) is 0 Å². The Morgan fingerprint density at radius 3 is 2.75 bits per heavy atom. The number of aliphatic hydroxyl groups excluding tert-OH is 1. The molecule has 0 atom stereocenters.